The number of carbonyl (C=O) groups is 1. The predicted octanol–water partition coefficient (Wildman–Crippen LogP) is 2.44. The van der Waals surface area contributed by atoms with Crippen molar-refractivity contribution in [3.63, 3.8) is 0 Å². The molecule has 0 unspecified atom stereocenters. The Kier molecular flexibility index (Phi) is 5.48. The molecule has 7 heteroatoms. The smallest absolute Gasteiger partial charge is 0.258 e. The molecule has 0 bridgehead atoms. The number of halogens is 1. The van der Waals surface area contributed by atoms with Crippen LogP contribution in [0.2, 0.25) is 5.02 Å². The quantitative estimate of drug-likeness (QED) is 0.802. The van der Waals surface area contributed by atoms with Crippen LogP contribution in [-0.4, -0.2) is 36.1 Å². The van der Waals surface area contributed by atoms with Crippen LogP contribution >= 0.6 is 11.6 Å². The molecule has 1 amide bonds. The number of hydrogen-bond donors (Lipinski definition) is 2. The maximum absolute atomic E-state index is 12.0. The normalized spacial score (nSPS) is 10.2. The Morgan fingerprint density at radius 3 is 2.52 bits per heavy atom. The highest BCUT2D eigenvalue weighted by Crippen LogP contribution is 2.14. The first-order valence-electron chi connectivity index (χ1n) is 6.31. The van der Waals surface area contributed by atoms with Crippen LogP contribution in [0.4, 0.5) is 11.6 Å². The van der Waals surface area contributed by atoms with E-state index in [4.69, 9.17) is 16.3 Å². The third-order valence-electron chi connectivity index (χ3n) is 2.61. The molecule has 21 heavy (non-hydrogen) atoms. The Balaban J connectivity index is 1.94. The van der Waals surface area contributed by atoms with Gasteiger partial charge in [-0.15, -0.1) is 0 Å². The van der Waals surface area contributed by atoms with Crippen molar-refractivity contribution in [3.8, 4) is 0 Å². The second-order valence-electron chi connectivity index (χ2n) is 4.18. The van der Waals surface area contributed by atoms with E-state index >= 15 is 0 Å². The number of aromatic nitrogens is 2. The molecule has 0 aliphatic carbocycles. The van der Waals surface area contributed by atoms with Crippen LogP contribution < -0.4 is 10.6 Å². The van der Waals surface area contributed by atoms with Crippen molar-refractivity contribution in [1.82, 2.24) is 9.97 Å². The van der Waals surface area contributed by atoms with Gasteiger partial charge in [0.2, 0.25) is 5.95 Å². The molecule has 0 saturated carbocycles. The molecule has 0 atom stereocenters. The summed E-state index contributed by atoms with van der Waals surface area (Å²) in [7, 11) is 1.62. The highest BCUT2D eigenvalue weighted by molar-refractivity contribution is 6.30. The highest BCUT2D eigenvalue weighted by atomic mass is 35.5. The molecule has 0 aliphatic heterocycles. The standard InChI is InChI=1S/C14H15ClN4O2/c1-21-7-6-16-14-17-8-10(9-18-14)13(20)19-12-4-2-11(15)3-5-12/h2-5,8-9H,6-7H2,1H3,(H,19,20)(H,16,17,18). The van der Waals surface area contributed by atoms with Crippen LogP contribution in [0.15, 0.2) is 36.7 Å². The van der Waals surface area contributed by atoms with Crippen LogP contribution in [0.25, 0.3) is 0 Å². The molecule has 110 valence electrons. The van der Waals surface area contributed by atoms with Crippen LogP contribution in [0.3, 0.4) is 0 Å². The molecule has 1 heterocycles. The van der Waals surface area contributed by atoms with Crippen molar-refractivity contribution in [3.05, 3.63) is 47.2 Å². The minimum atomic E-state index is -0.277. The lowest BCUT2D eigenvalue weighted by Crippen LogP contribution is -2.14. The van der Waals surface area contributed by atoms with E-state index in [2.05, 4.69) is 20.6 Å². The zero-order valence-electron chi connectivity index (χ0n) is 11.5. The minimum absolute atomic E-state index is 0.277. The van der Waals surface area contributed by atoms with Crippen LogP contribution in [0.1, 0.15) is 10.4 Å². The summed E-state index contributed by atoms with van der Waals surface area (Å²) in [4.78, 5) is 20.1. The number of hydrogen-bond acceptors (Lipinski definition) is 5. The zero-order valence-corrected chi connectivity index (χ0v) is 12.2. The van der Waals surface area contributed by atoms with Crippen LogP contribution in [0, 0.1) is 0 Å². The predicted molar refractivity (Wildman–Crippen MR) is 81.8 cm³/mol. The Bertz CT molecular complexity index is 587. The number of amides is 1. The lowest BCUT2D eigenvalue weighted by atomic mass is 10.3. The van der Waals surface area contributed by atoms with Gasteiger partial charge in [0.05, 0.1) is 12.2 Å². The van der Waals surface area contributed by atoms with E-state index in [1.165, 1.54) is 12.4 Å². The van der Waals surface area contributed by atoms with E-state index in [-0.39, 0.29) is 5.91 Å². The second kappa shape index (κ2) is 7.56. The Labute approximate surface area is 127 Å². The van der Waals surface area contributed by atoms with Crippen molar-refractivity contribution in [2.24, 2.45) is 0 Å². The lowest BCUT2D eigenvalue weighted by Gasteiger charge is -2.06. The molecule has 0 aliphatic rings. The number of nitrogens with zero attached hydrogens (tertiary/aromatic N) is 2. The third kappa shape index (κ3) is 4.70. The first kappa shape index (κ1) is 15.2. The van der Waals surface area contributed by atoms with Gasteiger partial charge in [-0.3, -0.25) is 4.79 Å². The average molecular weight is 307 g/mol. The number of anilines is 2. The van der Waals surface area contributed by atoms with Gasteiger partial charge in [0, 0.05) is 36.8 Å². The van der Waals surface area contributed by atoms with Gasteiger partial charge in [-0.2, -0.15) is 0 Å². The minimum Gasteiger partial charge on any atom is -0.383 e. The van der Waals surface area contributed by atoms with Gasteiger partial charge in [-0.25, -0.2) is 9.97 Å². The van der Waals surface area contributed by atoms with E-state index < -0.39 is 0 Å². The zero-order chi connectivity index (χ0) is 15.1. The monoisotopic (exact) mass is 306 g/mol. The number of carbonyl (C=O) groups excluding carboxylic acids is 1. The summed E-state index contributed by atoms with van der Waals surface area (Å²) >= 11 is 5.79. The van der Waals surface area contributed by atoms with Crippen molar-refractivity contribution in [2.75, 3.05) is 30.9 Å². The molecule has 2 N–H and O–H groups in total. The molecule has 0 fully saturated rings. The van der Waals surface area contributed by atoms with Gasteiger partial charge in [0.15, 0.2) is 0 Å². The number of nitrogens with one attached hydrogen (secondary N) is 2. The largest absolute Gasteiger partial charge is 0.383 e. The number of ether oxygens (including phenoxy) is 1. The summed E-state index contributed by atoms with van der Waals surface area (Å²) in [5.41, 5.74) is 1.04. The van der Waals surface area contributed by atoms with Gasteiger partial charge in [-0.1, -0.05) is 11.6 Å². The fourth-order valence-electron chi connectivity index (χ4n) is 1.54. The number of methoxy groups -OCH3 is 1. The first-order chi connectivity index (χ1) is 10.2. The summed E-state index contributed by atoms with van der Waals surface area (Å²) < 4.78 is 4.91. The van der Waals surface area contributed by atoms with Crippen LogP contribution in [-0.2, 0) is 4.74 Å². The fraction of sp³-hybridized carbons (Fsp3) is 0.214. The molecule has 2 aromatic rings. The Morgan fingerprint density at radius 1 is 1.24 bits per heavy atom. The van der Waals surface area contributed by atoms with Crippen molar-refractivity contribution in [1.29, 1.82) is 0 Å². The maximum atomic E-state index is 12.0. The summed E-state index contributed by atoms with van der Waals surface area (Å²) in [6, 6.07) is 6.86. The number of rotatable bonds is 6. The molecule has 0 spiro atoms. The first-order valence-corrected chi connectivity index (χ1v) is 6.68. The molecule has 1 aromatic heterocycles. The van der Waals surface area contributed by atoms with Gasteiger partial charge in [-0.05, 0) is 24.3 Å². The molecule has 6 nitrogen and oxygen atoms in total. The van der Waals surface area contributed by atoms with Crippen molar-refractivity contribution < 1.29 is 9.53 Å². The summed E-state index contributed by atoms with van der Waals surface area (Å²) in [5, 5.41) is 6.33. The maximum Gasteiger partial charge on any atom is 0.258 e. The van der Waals surface area contributed by atoms with Crippen molar-refractivity contribution in [2.45, 2.75) is 0 Å². The lowest BCUT2D eigenvalue weighted by molar-refractivity contribution is 0.102. The molecular weight excluding hydrogens is 292 g/mol. The van der Waals surface area contributed by atoms with E-state index in [1.54, 1.807) is 31.4 Å². The Hall–Kier alpha value is -2.18. The second-order valence-corrected chi connectivity index (χ2v) is 4.61. The number of benzene rings is 1. The van der Waals surface area contributed by atoms with Crippen LogP contribution in [0.5, 0.6) is 0 Å². The van der Waals surface area contributed by atoms with Gasteiger partial charge in [0.25, 0.3) is 5.91 Å². The summed E-state index contributed by atoms with van der Waals surface area (Å²) in [6.45, 7) is 1.16. The van der Waals surface area contributed by atoms with Gasteiger partial charge >= 0.3 is 0 Å². The van der Waals surface area contributed by atoms with Gasteiger partial charge in [0.1, 0.15) is 0 Å². The average Bonchev–Trinajstić information content (AvgIpc) is 2.50. The third-order valence-corrected chi connectivity index (χ3v) is 2.86. The Morgan fingerprint density at radius 2 is 1.90 bits per heavy atom. The molecule has 0 radical (unpaired) electrons. The topological polar surface area (TPSA) is 76.1 Å². The molecule has 2 rings (SSSR count). The highest BCUT2D eigenvalue weighted by Gasteiger charge is 2.07. The summed E-state index contributed by atoms with van der Waals surface area (Å²) in [6.07, 6.45) is 2.93. The van der Waals surface area contributed by atoms with Crippen molar-refractivity contribution >= 4 is 29.1 Å². The summed E-state index contributed by atoms with van der Waals surface area (Å²) in [5.74, 6) is 0.177. The van der Waals surface area contributed by atoms with E-state index in [9.17, 15) is 4.79 Å². The van der Waals surface area contributed by atoms with Gasteiger partial charge < -0.3 is 15.4 Å². The van der Waals surface area contributed by atoms with E-state index in [0.717, 1.165) is 0 Å². The van der Waals surface area contributed by atoms with E-state index in [1.807, 2.05) is 0 Å². The molecule has 0 saturated heterocycles. The molecule has 1 aromatic carbocycles. The fourth-order valence-corrected chi connectivity index (χ4v) is 1.66. The van der Waals surface area contributed by atoms with E-state index in [0.29, 0.717) is 35.4 Å². The molecular formula is C14H15ClN4O2. The SMILES string of the molecule is COCCNc1ncc(C(=O)Nc2ccc(Cl)cc2)cn1.